The number of carbonyl (C=O) groups excluding carboxylic acids is 1. The molecule has 1 fully saturated rings. The van der Waals surface area contributed by atoms with Gasteiger partial charge in [0.1, 0.15) is 5.82 Å². The molecular formula is C16H18F2N4OS2. The molecule has 0 spiro atoms. The first-order chi connectivity index (χ1) is 11.9. The predicted octanol–water partition coefficient (Wildman–Crippen LogP) is 4.13. The standard InChI is InChI=1S/C16H18F2N4OS2/c1-9(24-16-21-20-13(22(16)2)10-3-4-10)14(23)19-11-5-7-12(8-6-11)25-15(17)18/h5-10,15H,3-4H2,1-2H3,(H,19,23)/t9-/m1/s1. The summed E-state index contributed by atoms with van der Waals surface area (Å²) in [7, 11) is 1.92. The summed E-state index contributed by atoms with van der Waals surface area (Å²) in [4.78, 5) is 12.8. The van der Waals surface area contributed by atoms with Gasteiger partial charge in [0.15, 0.2) is 5.16 Å². The van der Waals surface area contributed by atoms with Crippen molar-refractivity contribution in [3.8, 4) is 0 Å². The molecule has 1 amide bonds. The van der Waals surface area contributed by atoms with Crippen molar-refractivity contribution in [3.05, 3.63) is 30.1 Å². The molecule has 1 heterocycles. The molecule has 1 N–H and O–H groups in total. The van der Waals surface area contributed by atoms with Crippen LogP contribution in [0.3, 0.4) is 0 Å². The first-order valence-electron chi connectivity index (χ1n) is 7.85. The van der Waals surface area contributed by atoms with E-state index in [2.05, 4.69) is 15.5 Å². The maximum Gasteiger partial charge on any atom is 0.288 e. The van der Waals surface area contributed by atoms with Gasteiger partial charge in [-0.05, 0) is 44.0 Å². The van der Waals surface area contributed by atoms with Crippen LogP contribution in [-0.4, -0.2) is 31.7 Å². The zero-order valence-corrected chi connectivity index (χ0v) is 15.4. The molecule has 1 aromatic carbocycles. The lowest BCUT2D eigenvalue weighted by molar-refractivity contribution is -0.115. The van der Waals surface area contributed by atoms with Gasteiger partial charge in [0, 0.05) is 23.5 Å². The average molecular weight is 384 g/mol. The minimum atomic E-state index is -2.45. The number of amides is 1. The van der Waals surface area contributed by atoms with Crippen molar-refractivity contribution in [3.63, 3.8) is 0 Å². The molecule has 1 saturated carbocycles. The highest BCUT2D eigenvalue weighted by Crippen LogP contribution is 2.39. The largest absolute Gasteiger partial charge is 0.325 e. The van der Waals surface area contributed by atoms with Crippen LogP contribution in [0.4, 0.5) is 14.5 Å². The topological polar surface area (TPSA) is 59.8 Å². The Morgan fingerprint density at radius 3 is 2.52 bits per heavy atom. The fraction of sp³-hybridized carbons (Fsp3) is 0.438. The Morgan fingerprint density at radius 2 is 1.92 bits per heavy atom. The predicted molar refractivity (Wildman–Crippen MR) is 95.2 cm³/mol. The highest BCUT2D eigenvalue weighted by atomic mass is 32.2. The SMILES string of the molecule is C[C@@H](Sc1nnc(C2CC2)n1C)C(=O)Nc1ccc(SC(F)F)cc1. The molecule has 1 aliphatic carbocycles. The van der Waals surface area contributed by atoms with Gasteiger partial charge in [-0.15, -0.1) is 10.2 Å². The molecule has 0 aliphatic heterocycles. The number of benzene rings is 1. The maximum absolute atomic E-state index is 12.3. The lowest BCUT2D eigenvalue weighted by Gasteiger charge is -2.12. The highest BCUT2D eigenvalue weighted by molar-refractivity contribution is 8.00. The summed E-state index contributed by atoms with van der Waals surface area (Å²) >= 11 is 1.83. The summed E-state index contributed by atoms with van der Waals surface area (Å²) in [6.07, 6.45) is 2.29. The first kappa shape index (κ1) is 18.2. The molecule has 25 heavy (non-hydrogen) atoms. The zero-order valence-electron chi connectivity index (χ0n) is 13.8. The fourth-order valence-electron chi connectivity index (χ4n) is 2.30. The Morgan fingerprint density at radius 1 is 1.24 bits per heavy atom. The normalized spacial score (nSPS) is 15.4. The monoisotopic (exact) mass is 384 g/mol. The van der Waals surface area contributed by atoms with Crippen molar-refractivity contribution in [2.24, 2.45) is 7.05 Å². The second kappa shape index (κ2) is 7.74. The van der Waals surface area contributed by atoms with E-state index < -0.39 is 5.76 Å². The summed E-state index contributed by atoms with van der Waals surface area (Å²) in [5, 5.41) is 11.5. The van der Waals surface area contributed by atoms with E-state index in [4.69, 9.17) is 0 Å². The lowest BCUT2D eigenvalue weighted by Crippen LogP contribution is -2.22. The molecule has 9 heteroatoms. The van der Waals surface area contributed by atoms with Crippen LogP contribution < -0.4 is 5.32 Å². The van der Waals surface area contributed by atoms with Crippen molar-refractivity contribution < 1.29 is 13.6 Å². The summed E-state index contributed by atoms with van der Waals surface area (Å²) < 4.78 is 26.6. The number of halogens is 2. The summed E-state index contributed by atoms with van der Waals surface area (Å²) in [5.41, 5.74) is 0.577. The third-order valence-corrected chi connectivity index (χ3v) is 5.67. The van der Waals surface area contributed by atoms with Gasteiger partial charge < -0.3 is 9.88 Å². The van der Waals surface area contributed by atoms with E-state index in [1.807, 2.05) is 11.6 Å². The summed E-state index contributed by atoms with van der Waals surface area (Å²) in [5.74, 6) is -1.15. The number of carbonyl (C=O) groups is 1. The number of rotatable bonds is 7. The summed E-state index contributed by atoms with van der Waals surface area (Å²) in [6, 6.07) is 6.37. The van der Waals surface area contributed by atoms with Crippen molar-refractivity contribution in [1.82, 2.24) is 14.8 Å². The molecule has 3 rings (SSSR count). The Bertz CT molecular complexity index is 747. The van der Waals surface area contributed by atoms with E-state index >= 15 is 0 Å². The van der Waals surface area contributed by atoms with Crippen LogP contribution in [0.5, 0.6) is 0 Å². The van der Waals surface area contributed by atoms with Crippen LogP contribution in [0.15, 0.2) is 34.3 Å². The molecule has 0 unspecified atom stereocenters. The first-order valence-corrected chi connectivity index (χ1v) is 9.61. The van der Waals surface area contributed by atoms with Crippen LogP contribution in [0.25, 0.3) is 0 Å². The van der Waals surface area contributed by atoms with E-state index in [0.29, 0.717) is 33.4 Å². The van der Waals surface area contributed by atoms with E-state index in [1.54, 1.807) is 31.2 Å². The van der Waals surface area contributed by atoms with Crippen LogP contribution in [0, 0.1) is 0 Å². The molecule has 134 valence electrons. The van der Waals surface area contributed by atoms with Crippen molar-refractivity contribution in [2.75, 3.05) is 5.32 Å². The number of hydrogen-bond acceptors (Lipinski definition) is 5. The van der Waals surface area contributed by atoms with Gasteiger partial charge in [0.05, 0.1) is 5.25 Å². The minimum Gasteiger partial charge on any atom is -0.325 e. The number of nitrogens with zero attached hydrogens (tertiary/aromatic N) is 3. The molecule has 5 nitrogen and oxygen atoms in total. The number of hydrogen-bond donors (Lipinski definition) is 1. The molecule has 0 saturated heterocycles. The second-order valence-electron chi connectivity index (χ2n) is 5.83. The van der Waals surface area contributed by atoms with Crippen LogP contribution >= 0.6 is 23.5 Å². The zero-order chi connectivity index (χ0) is 18.0. The number of aromatic nitrogens is 3. The number of nitrogens with one attached hydrogen (secondary N) is 1. The van der Waals surface area contributed by atoms with Crippen LogP contribution in [-0.2, 0) is 11.8 Å². The Kier molecular flexibility index (Phi) is 5.63. The Labute approximate surface area is 153 Å². The molecule has 1 atom stereocenters. The highest BCUT2D eigenvalue weighted by Gasteiger charge is 2.30. The number of anilines is 1. The Hall–Kier alpha value is -1.61. The van der Waals surface area contributed by atoms with Gasteiger partial charge in [-0.2, -0.15) is 8.78 Å². The lowest BCUT2D eigenvalue weighted by atomic mass is 10.3. The van der Waals surface area contributed by atoms with Crippen molar-refractivity contribution in [2.45, 2.75) is 46.7 Å². The third-order valence-electron chi connectivity index (χ3n) is 3.81. The minimum absolute atomic E-state index is 0.171. The molecule has 1 aliphatic rings. The van der Waals surface area contributed by atoms with Crippen molar-refractivity contribution >= 4 is 35.1 Å². The van der Waals surface area contributed by atoms with Gasteiger partial charge in [-0.25, -0.2) is 0 Å². The van der Waals surface area contributed by atoms with Crippen LogP contribution in [0.2, 0.25) is 0 Å². The number of alkyl halides is 2. The van der Waals surface area contributed by atoms with Gasteiger partial charge in [0.25, 0.3) is 5.76 Å². The second-order valence-corrected chi connectivity index (χ2v) is 8.20. The van der Waals surface area contributed by atoms with E-state index in [1.165, 1.54) is 11.8 Å². The third kappa shape index (κ3) is 4.72. The Balaban J connectivity index is 1.57. The smallest absolute Gasteiger partial charge is 0.288 e. The number of thioether (sulfide) groups is 2. The molecule has 0 radical (unpaired) electrons. The fourth-order valence-corrected chi connectivity index (χ4v) is 3.62. The van der Waals surface area contributed by atoms with E-state index in [0.717, 1.165) is 18.7 Å². The van der Waals surface area contributed by atoms with Crippen molar-refractivity contribution in [1.29, 1.82) is 0 Å². The van der Waals surface area contributed by atoms with Gasteiger partial charge >= 0.3 is 0 Å². The molecule has 2 aromatic rings. The molecule has 1 aromatic heterocycles. The van der Waals surface area contributed by atoms with E-state index in [9.17, 15) is 13.6 Å². The van der Waals surface area contributed by atoms with Gasteiger partial charge in [-0.3, -0.25) is 4.79 Å². The quantitative estimate of drug-likeness (QED) is 0.728. The van der Waals surface area contributed by atoms with Gasteiger partial charge in [-0.1, -0.05) is 23.5 Å². The van der Waals surface area contributed by atoms with Crippen LogP contribution in [0.1, 0.15) is 31.5 Å². The maximum atomic E-state index is 12.3. The van der Waals surface area contributed by atoms with Gasteiger partial charge in [0.2, 0.25) is 5.91 Å². The molecule has 0 bridgehead atoms. The average Bonchev–Trinajstić information content (AvgIpc) is 3.34. The van der Waals surface area contributed by atoms with E-state index in [-0.39, 0.29) is 11.2 Å². The molecular weight excluding hydrogens is 366 g/mol. The summed E-state index contributed by atoms with van der Waals surface area (Å²) in [6.45, 7) is 1.80.